The lowest BCUT2D eigenvalue weighted by molar-refractivity contribution is -0.143. The number of nitrogens with one attached hydrogen (secondary N) is 1. The minimum atomic E-state index is -3.35. The Bertz CT molecular complexity index is 390. The molecule has 0 aromatic rings. The summed E-state index contributed by atoms with van der Waals surface area (Å²) in [6.45, 7) is 1.61. The van der Waals surface area contributed by atoms with E-state index in [1.165, 1.54) is 0 Å². The van der Waals surface area contributed by atoms with Gasteiger partial charge in [-0.1, -0.05) is 6.42 Å². The van der Waals surface area contributed by atoms with E-state index in [0.29, 0.717) is 12.8 Å². The Morgan fingerprint density at radius 3 is 2.65 bits per heavy atom. The summed E-state index contributed by atoms with van der Waals surface area (Å²) in [5, 5.41) is 1.29. The van der Waals surface area contributed by atoms with E-state index >= 15 is 0 Å². The Labute approximate surface area is 101 Å². The van der Waals surface area contributed by atoms with Crippen molar-refractivity contribution in [3.8, 4) is 0 Å². The highest BCUT2D eigenvalue weighted by Crippen LogP contribution is 2.19. The number of esters is 1. The van der Waals surface area contributed by atoms with Crippen molar-refractivity contribution in [1.29, 1.82) is 0 Å². The van der Waals surface area contributed by atoms with Crippen molar-refractivity contribution in [3.63, 3.8) is 0 Å². The predicted octanol–water partition coefficient (Wildman–Crippen LogP) is -0.367. The molecule has 1 aliphatic rings. The van der Waals surface area contributed by atoms with E-state index in [1.807, 2.05) is 0 Å². The topological polar surface area (TPSA) is 89.5 Å². The summed E-state index contributed by atoms with van der Waals surface area (Å²) in [4.78, 5) is 22.6. The highest BCUT2D eigenvalue weighted by Gasteiger charge is 2.34. The summed E-state index contributed by atoms with van der Waals surface area (Å²) in [5.41, 5.74) is 0. The van der Waals surface area contributed by atoms with Gasteiger partial charge < -0.3 is 10.1 Å². The first-order chi connectivity index (χ1) is 7.97. The highest BCUT2D eigenvalue weighted by molar-refractivity contribution is 7.92. The first-order valence-corrected chi connectivity index (χ1v) is 7.34. The van der Waals surface area contributed by atoms with E-state index in [4.69, 9.17) is 0 Å². The maximum atomic E-state index is 11.6. The molecule has 1 unspecified atom stereocenters. The Hall–Kier alpha value is -1.11. The van der Waals surface area contributed by atoms with Crippen LogP contribution >= 0.6 is 0 Å². The van der Waals surface area contributed by atoms with Crippen LogP contribution in [0.5, 0.6) is 0 Å². The van der Waals surface area contributed by atoms with Gasteiger partial charge in [0.25, 0.3) is 0 Å². The molecule has 0 aliphatic carbocycles. The smallest absolute Gasteiger partial charge is 0.325 e. The number of hydrogen-bond donors (Lipinski definition) is 1. The average Bonchev–Trinajstić information content (AvgIpc) is 2.26. The second kappa shape index (κ2) is 6.00. The van der Waals surface area contributed by atoms with E-state index in [2.05, 4.69) is 10.1 Å². The van der Waals surface area contributed by atoms with Crippen LogP contribution in [0.2, 0.25) is 0 Å². The number of carbonyl (C=O) groups is 2. The van der Waals surface area contributed by atoms with Gasteiger partial charge in [-0.05, 0) is 19.8 Å². The Morgan fingerprint density at radius 1 is 1.35 bits per heavy atom. The van der Waals surface area contributed by atoms with Gasteiger partial charge >= 0.3 is 5.97 Å². The van der Waals surface area contributed by atoms with E-state index in [9.17, 15) is 18.0 Å². The van der Waals surface area contributed by atoms with Crippen molar-refractivity contribution < 1.29 is 22.7 Å². The molecule has 98 valence electrons. The molecule has 17 heavy (non-hydrogen) atoms. The van der Waals surface area contributed by atoms with Gasteiger partial charge in [-0.25, -0.2) is 8.42 Å². The first-order valence-electron chi connectivity index (χ1n) is 5.62. The molecule has 0 bridgehead atoms. The van der Waals surface area contributed by atoms with Gasteiger partial charge in [0.05, 0.1) is 12.4 Å². The Morgan fingerprint density at radius 2 is 2.06 bits per heavy atom. The fraction of sp³-hybridized carbons (Fsp3) is 0.800. The van der Waals surface area contributed by atoms with Crippen molar-refractivity contribution in [2.45, 2.75) is 31.4 Å². The van der Waals surface area contributed by atoms with Gasteiger partial charge in [-0.3, -0.25) is 9.59 Å². The molecule has 1 fully saturated rings. The molecule has 0 radical (unpaired) electrons. The largest absolute Gasteiger partial charge is 0.465 e. The molecular formula is C10H17NO5S. The standard InChI is InChI=1S/C10H17NO5S/c1-2-16-9(12)7-11-10(13)8-5-3-4-6-17(8,14)15/h8H,2-7H2,1H3,(H,11,13). The van der Waals surface area contributed by atoms with Crippen LogP contribution in [0.25, 0.3) is 0 Å². The van der Waals surface area contributed by atoms with Crippen LogP contribution in [0.1, 0.15) is 26.2 Å². The van der Waals surface area contributed by atoms with Crippen LogP contribution in [0, 0.1) is 0 Å². The third kappa shape index (κ3) is 3.99. The molecule has 1 aliphatic heterocycles. The summed E-state index contributed by atoms with van der Waals surface area (Å²) in [5.74, 6) is -1.11. The zero-order valence-corrected chi connectivity index (χ0v) is 10.6. The third-order valence-electron chi connectivity index (χ3n) is 2.58. The molecule has 1 N–H and O–H groups in total. The van der Waals surface area contributed by atoms with Crippen LogP contribution in [0.15, 0.2) is 0 Å². The molecular weight excluding hydrogens is 246 g/mol. The maximum absolute atomic E-state index is 11.6. The quantitative estimate of drug-likeness (QED) is 0.699. The molecule has 1 amide bonds. The van der Waals surface area contributed by atoms with Crippen molar-refractivity contribution in [3.05, 3.63) is 0 Å². The lowest BCUT2D eigenvalue weighted by Gasteiger charge is -2.21. The minimum Gasteiger partial charge on any atom is -0.465 e. The van der Waals surface area contributed by atoms with E-state index in [1.54, 1.807) is 6.92 Å². The molecule has 1 rings (SSSR count). The summed E-state index contributed by atoms with van der Waals surface area (Å²) >= 11 is 0. The second-order valence-corrected chi connectivity index (χ2v) is 6.18. The van der Waals surface area contributed by atoms with Gasteiger partial charge in [-0.2, -0.15) is 0 Å². The SMILES string of the molecule is CCOC(=O)CNC(=O)C1CCCCS1(=O)=O. The molecule has 0 spiro atoms. The van der Waals surface area contributed by atoms with Gasteiger partial charge in [0, 0.05) is 0 Å². The molecule has 0 aromatic heterocycles. The van der Waals surface area contributed by atoms with Gasteiger partial charge in [0.2, 0.25) is 5.91 Å². The van der Waals surface area contributed by atoms with E-state index in [0.717, 1.165) is 6.42 Å². The summed E-state index contributed by atoms with van der Waals surface area (Å²) in [6, 6.07) is 0. The lowest BCUT2D eigenvalue weighted by Crippen LogP contribution is -2.44. The molecule has 6 nitrogen and oxygen atoms in total. The minimum absolute atomic E-state index is 0.0461. The number of rotatable bonds is 4. The lowest BCUT2D eigenvalue weighted by atomic mass is 10.2. The molecule has 0 saturated carbocycles. The molecule has 0 aromatic carbocycles. The number of ether oxygens (including phenoxy) is 1. The maximum Gasteiger partial charge on any atom is 0.325 e. The number of hydrogen-bond acceptors (Lipinski definition) is 5. The number of amides is 1. The first kappa shape index (κ1) is 14.0. The Balaban J connectivity index is 2.49. The van der Waals surface area contributed by atoms with Crippen LogP contribution in [0.4, 0.5) is 0 Å². The van der Waals surface area contributed by atoms with Gasteiger partial charge in [-0.15, -0.1) is 0 Å². The highest BCUT2D eigenvalue weighted by atomic mass is 32.2. The average molecular weight is 263 g/mol. The fourth-order valence-corrected chi connectivity index (χ4v) is 3.56. The fourth-order valence-electron chi connectivity index (χ4n) is 1.73. The van der Waals surface area contributed by atoms with Crippen molar-refractivity contribution >= 4 is 21.7 Å². The molecule has 7 heteroatoms. The van der Waals surface area contributed by atoms with Crippen LogP contribution in [-0.2, 0) is 24.2 Å². The monoisotopic (exact) mass is 263 g/mol. The van der Waals surface area contributed by atoms with Gasteiger partial charge in [0.1, 0.15) is 11.8 Å². The molecule has 1 atom stereocenters. The molecule has 1 heterocycles. The zero-order chi connectivity index (χ0) is 12.9. The summed E-state index contributed by atoms with van der Waals surface area (Å²) in [7, 11) is -3.35. The summed E-state index contributed by atoms with van der Waals surface area (Å²) < 4.78 is 27.9. The van der Waals surface area contributed by atoms with Crippen LogP contribution in [0.3, 0.4) is 0 Å². The van der Waals surface area contributed by atoms with Crippen molar-refractivity contribution in [2.75, 3.05) is 18.9 Å². The van der Waals surface area contributed by atoms with Crippen LogP contribution in [-0.4, -0.2) is 44.4 Å². The number of carbonyl (C=O) groups excluding carboxylic acids is 2. The van der Waals surface area contributed by atoms with Crippen molar-refractivity contribution in [2.24, 2.45) is 0 Å². The normalized spacial score (nSPS) is 22.8. The van der Waals surface area contributed by atoms with E-state index < -0.39 is 27.0 Å². The van der Waals surface area contributed by atoms with E-state index in [-0.39, 0.29) is 18.9 Å². The summed E-state index contributed by atoms with van der Waals surface area (Å²) in [6.07, 6.45) is 1.65. The number of sulfone groups is 1. The zero-order valence-electron chi connectivity index (χ0n) is 9.77. The third-order valence-corrected chi connectivity index (χ3v) is 4.76. The second-order valence-electron chi connectivity index (χ2n) is 3.87. The van der Waals surface area contributed by atoms with Gasteiger partial charge in [0.15, 0.2) is 9.84 Å². The molecule has 1 saturated heterocycles. The Kier molecular flexibility index (Phi) is 4.92. The van der Waals surface area contributed by atoms with Crippen molar-refractivity contribution in [1.82, 2.24) is 5.32 Å². The van der Waals surface area contributed by atoms with Crippen LogP contribution < -0.4 is 5.32 Å². The predicted molar refractivity (Wildman–Crippen MR) is 61.1 cm³/mol.